The third-order valence-corrected chi connectivity index (χ3v) is 9.72. The lowest BCUT2D eigenvalue weighted by Crippen LogP contribution is -2.60. The Morgan fingerprint density at radius 1 is 1.10 bits per heavy atom. The van der Waals surface area contributed by atoms with Gasteiger partial charge in [-0.3, -0.25) is 19.2 Å². The molecule has 0 saturated heterocycles. The summed E-state index contributed by atoms with van der Waals surface area (Å²) in [4.78, 5) is 50.0. The molecule has 0 radical (unpaired) electrons. The molecule has 0 aromatic carbocycles. The smallest absolute Gasteiger partial charge is 0.303 e. The molecule has 4 fully saturated rings. The highest BCUT2D eigenvalue weighted by Crippen LogP contribution is 2.66. The molecule has 160 valence electrons. The fourth-order valence-electron chi connectivity index (χ4n) is 7.94. The molecule has 5 heteroatoms. The molecule has 1 N–H and O–H groups in total. The lowest BCUT2D eigenvalue weighted by molar-refractivity contribution is -0.166. The van der Waals surface area contributed by atoms with E-state index in [-0.39, 0.29) is 64.7 Å². The van der Waals surface area contributed by atoms with E-state index < -0.39 is 11.4 Å². The number of aliphatic carboxylic acids is 1. The Kier molecular flexibility index (Phi) is 5.02. The number of carboxylic acids is 1. The first kappa shape index (κ1) is 20.7. The van der Waals surface area contributed by atoms with Gasteiger partial charge in [0.2, 0.25) is 0 Å². The molecular weight excluding hydrogens is 368 g/mol. The summed E-state index contributed by atoms with van der Waals surface area (Å²) in [6.07, 6.45) is 5.33. The van der Waals surface area contributed by atoms with Crippen LogP contribution in [0.25, 0.3) is 0 Å². The van der Waals surface area contributed by atoms with Crippen LogP contribution in [0, 0.1) is 46.3 Å². The third-order valence-electron chi connectivity index (χ3n) is 9.72. The summed E-state index contributed by atoms with van der Waals surface area (Å²) in [5, 5.41) is 9.06. The van der Waals surface area contributed by atoms with Gasteiger partial charge in [-0.25, -0.2) is 0 Å². The van der Waals surface area contributed by atoms with Gasteiger partial charge >= 0.3 is 5.97 Å². The van der Waals surface area contributed by atoms with Crippen molar-refractivity contribution in [1.82, 2.24) is 0 Å². The monoisotopic (exact) mass is 402 g/mol. The Hall–Kier alpha value is -1.52. The predicted molar refractivity (Wildman–Crippen MR) is 107 cm³/mol. The van der Waals surface area contributed by atoms with E-state index >= 15 is 0 Å². The van der Waals surface area contributed by atoms with Crippen molar-refractivity contribution < 1.29 is 24.3 Å². The summed E-state index contributed by atoms with van der Waals surface area (Å²) in [5.41, 5.74) is -0.598. The van der Waals surface area contributed by atoms with Gasteiger partial charge in [-0.1, -0.05) is 20.8 Å². The first-order valence-corrected chi connectivity index (χ1v) is 11.4. The quantitative estimate of drug-likeness (QED) is 0.766. The summed E-state index contributed by atoms with van der Waals surface area (Å²) in [6, 6.07) is 0. The van der Waals surface area contributed by atoms with Crippen LogP contribution in [0.15, 0.2) is 0 Å². The number of rotatable bonds is 4. The molecule has 29 heavy (non-hydrogen) atoms. The van der Waals surface area contributed by atoms with Crippen LogP contribution in [-0.2, 0) is 19.2 Å². The van der Waals surface area contributed by atoms with Crippen LogP contribution in [-0.4, -0.2) is 28.4 Å². The maximum atomic E-state index is 13.6. The fourth-order valence-corrected chi connectivity index (χ4v) is 7.94. The normalized spacial score (nSPS) is 45.3. The molecule has 0 aromatic heterocycles. The number of ketones is 3. The molecule has 0 aliphatic heterocycles. The third kappa shape index (κ3) is 3.02. The Labute approximate surface area is 173 Å². The van der Waals surface area contributed by atoms with E-state index in [1.165, 1.54) is 0 Å². The standard InChI is InChI=1S/C24H34O5/c1-13(4-7-21(28)29)16-5-6-17-22-18(12-20(27)24(16,17)3)23(2)9-8-15(25)10-14(23)11-19(22)26/h13-14,16-18,22H,4-12H2,1-3H3,(H,28,29)/t13-,14-,16+,17-,18-,22?,23-,24+/m0/s1. The first-order valence-electron chi connectivity index (χ1n) is 11.4. The molecular formula is C24H34O5. The molecule has 0 heterocycles. The van der Waals surface area contributed by atoms with Gasteiger partial charge in [-0.15, -0.1) is 0 Å². The van der Waals surface area contributed by atoms with Crippen molar-refractivity contribution in [3.05, 3.63) is 0 Å². The largest absolute Gasteiger partial charge is 0.481 e. The molecule has 4 rings (SSSR count). The zero-order chi connectivity index (χ0) is 21.1. The Balaban J connectivity index is 1.63. The van der Waals surface area contributed by atoms with Gasteiger partial charge in [-0.2, -0.15) is 0 Å². The molecule has 5 nitrogen and oxygen atoms in total. The summed E-state index contributed by atoms with van der Waals surface area (Å²) in [7, 11) is 0. The van der Waals surface area contributed by atoms with Gasteiger partial charge < -0.3 is 5.11 Å². The van der Waals surface area contributed by atoms with E-state index in [1.54, 1.807) is 0 Å². The average molecular weight is 403 g/mol. The number of carbonyl (C=O) groups is 4. The zero-order valence-corrected chi connectivity index (χ0v) is 17.9. The van der Waals surface area contributed by atoms with Crippen molar-refractivity contribution in [2.45, 2.75) is 78.6 Å². The summed E-state index contributed by atoms with van der Waals surface area (Å²) >= 11 is 0. The summed E-state index contributed by atoms with van der Waals surface area (Å²) in [6.45, 7) is 6.37. The molecule has 1 unspecified atom stereocenters. The minimum absolute atomic E-state index is 0.0659. The summed E-state index contributed by atoms with van der Waals surface area (Å²) < 4.78 is 0. The Bertz CT molecular complexity index is 756. The van der Waals surface area contributed by atoms with E-state index in [2.05, 4.69) is 20.8 Å². The van der Waals surface area contributed by atoms with Gasteiger partial charge in [0.05, 0.1) is 0 Å². The second-order valence-corrected chi connectivity index (χ2v) is 10.9. The van der Waals surface area contributed by atoms with E-state index in [0.717, 1.165) is 19.3 Å². The predicted octanol–water partition coefficient (Wildman–Crippen LogP) is 4.07. The SMILES string of the molecule is C[C@@H](CCC(=O)O)[C@H]1CC[C@H]2C3C(=O)C[C@@H]4CC(=O)CC[C@]4(C)[C@H]3CC(=O)[C@]12C. The highest BCUT2D eigenvalue weighted by atomic mass is 16.4. The Morgan fingerprint density at radius 3 is 2.52 bits per heavy atom. The number of hydrogen-bond donors (Lipinski definition) is 1. The minimum atomic E-state index is -0.792. The van der Waals surface area contributed by atoms with Crippen molar-refractivity contribution in [2.24, 2.45) is 46.3 Å². The van der Waals surface area contributed by atoms with Gasteiger partial charge in [0.25, 0.3) is 0 Å². The summed E-state index contributed by atoms with van der Waals surface area (Å²) in [5.74, 6) is 0.524. The number of carboxylic acid groups (broad SMARTS) is 1. The van der Waals surface area contributed by atoms with Gasteiger partial charge in [0.1, 0.15) is 17.3 Å². The van der Waals surface area contributed by atoms with E-state index in [9.17, 15) is 19.2 Å². The average Bonchev–Trinajstić information content (AvgIpc) is 3.01. The van der Waals surface area contributed by atoms with E-state index in [4.69, 9.17) is 5.11 Å². The van der Waals surface area contributed by atoms with Crippen LogP contribution in [0.4, 0.5) is 0 Å². The fraction of sp³-hybridized carbons (Fsp3) is 0.833. The highest BCUT2D eigenvalue weighted by molar-refractivity contribution is 5.93. The van der Waals surface area contributed by atoms with Crippen LogP contribution < -0.4 is 0 Å². The molecule has 4 saturated carbocycles. The van der Waals surface area contributed by atoms with Crippen molar-refractivity contribution in [3.63, 3.8) is 0 Å². The number of hydrogen-bond acceptors (Lipinski definition) is 4. The maximum absolute atomic E-state index is 13.6. The molecule has 4 aliphatic rings. The molecule has 8 atom stereocenters. The topological polar surface area (TPSA) is 88.5 Å². The van der Waals surface area contributed by atoms with Crippen LogP contribution in [0.5, 0.6) is 0 Å². The highest BCUT2D eigenvalue weighted by Gasteiger charge is 2.66. The Morgan fingerprint density at radius 2 is 1.83 bits per heavy atom. The molecule has 0 amide bonds. The number of carbonyl (C=O) groups excluding carboxylic acids is 3. The van der Waals surface area contributed by atoms with Gasteiger partial charge in [0, 0.05) is 43.4 Å². The maximum Gasteiger partial charge on any atom is 0.303 e. The first-order chi connectivity index (χ1) is 13.6. The van der Waals surface area contributed by atoms with Crippen molar-refractivity contribution in [2.75, 3.05) is 0 Å². The number of Topliss-reactive ketones (excluding diaryl/α,β-unsaturated/α-hetero) is 3. The van der Waals surface area contributed by atoms with Gasteiger partial charge in [-0.05, 0) is 60.7 Å². The lowest BCUT2D eigenvalue weighted by Gasteiger charge is -2.58. The van der Waals surface area contributed by atoms with Crippen molar-refractivity contribution >= 4 is 23.3 Å². The second-order valence-electron chi connectivity index (χ2n) is 10.9. The molecule has 0 spiro atoms. The minimum Gasteiger partial charge on any atom is -0.481 e. The van der Waals surface area contributed by atoms with Crippen LogP contribution in [0.3, 0.4) is 0 Å². The van der Waals surface area contributed by atoms with Crippen molar-refractivity contribution in [3.8, 4) is 0 Å². The van der Waals surface area contributed by atoms with E-state index in [0.29, 0.717) is 32.1 Å². The lowest BCUT2D eigenvalue weighted by atomic mass is 9.44. The van der Waals surface area contributed by atoms with Gasteiger partial charge in [0.15, 0.2) is 0 Å². The van der Waals surface area contributed by atoms with Crippen LogP contribution in [0.1, 0.15) is 78.6 Å². The molecule has 4 aliphatic carbocycles. The molecule has 0 bridgehead atoms. The van der Waals surface area contributed by atoms with Crippen LogP contribution >= 0.6 is 0 Å². The van der Waals surface area contributed by atoms with Crippen LogP contribution in [0.2, 0.25) is 0 Å². The van der Waals surface area contributed by atoms with Crippen molar-refractivity contribution in [1.29, 1.82) is 0 Å². The number of fused-ring (bicyclic) bond motifs is 5. The second kappa shape index (κ2) is 7.02. The van der Waals surface area contributed by atoms with E-state index in [1.807, 2.05) is 0 Å². The zero-order valence-electron chi connectivity index (χ0n) is 17.9. The molecule has 0 aromatic rings.